The van der Waals surface area contributed by atoms with Gasteiger partial charge in [-0.05, 0) is 24.3 Å². The van der Waals surface area contributed by atoms with Crippen molar-refractivity contribution in [3.63, 3.8) is 0 Å². The number of carbonyl (C=O) groups is 2. The number of rotatable bonds is 5. The third-order valence-electron chi connectivity index (χ3n) is 3.13. The largest absolute Gasteiger partial charge is 0.467 e. The first kappa shape index (κ1) is 14.7. The zero-order valence-electron chi connectivity index (χ0n) is 11.1. The van der Waals surface area contributed by atoms with Crippen molar-refractivity contribution >= 4 is 23.8 Å². The van der Waals surface area contributed by atoms with E-state index in [2.05, 4.69) is 4.74 Å². The third-order valence-corrected chi connectivity index (χ3v) is 3.48. The van der Waals surface area contributed by atoms with E-state index in [1.165, 1.54) is 7.11 Å². The van der Waals surface area contributed by atoms with Gasteiger partial charge < -0.3 is 9.47 Å². The number of methoxy groups -OCH3 is 1. The number of ether oxygens (including phenoxy) is 2. The summed E-state index contributed by atoms with van der Waals surface area (Å²) in [5.41, 5.74) is 0.854. The van der Waals surface area contributed by atoms with Crippen LogP contribution < -0.4 is 0 Å². The minimum atomic E-state index is -0.773. The van der Waals surface area contributed by atoms with Gasteiger partial charge in [-0.25, -0.2) is 14.0 Å². The average molecular weight is 298 g/mol. The van der Waals surface area contributed by atoms with E-state index in [4.69, 9.17) is 16.5 Å². The Balaban J connectivity index is 1.91. The number of amides is 1. The lowest BCUT2D eigenvalue weighted by Gasteiger charge is -2.22. The molecule has 0 bridgehead atoms. The fourth-order valence-electron chi connectivity index (χ4n) is 1.90. The summed E-state index contributed by atoms with van der Waals surface area (Å²) in [6, 6.07) is 8.48. The van der Waals surface area contributed by atoms with Crippen molar-refractivity contribution in [3.8, 4) is 0 Å². The van der Waals surface area contributed by atoms with Gasteiger partial charge >= 0.3 is 12.1 Å². The van der Waals surface area contributed by atoms with Gasteiger partial charge in [-0.2, -0.15) is 0 Å². The van der Waals surface area contributed by atoms with Crippen LogP contribution in [0.5, 0.6) is 0 Å². The van der Waals surface area contributed by atoms with Crippen LogP contribution >= 0.6 is 11.8 Å². The fourth-order valence-corrected chi connectivity index (χ4v) is 2.19. The Morgan fingerprint density at radius 2 is 2.00 bits per heavy atom. The van der Waals surface area contributed by atoms with Gasteiger partial charge in [0.05, 0.1) is 7.11 Å². The highest BCUT2D eigenvalue weighted by Crippen LogP contribution is 2.37. The molecule has 1 aliphatic carbocycles. The number of esters is 1. The number of halogens is 1. The van der Waals surface area contributed by atoms with Crippen molar-refractivity contribution in [2.45, 2.75) is 25.5 Å². The highest BCUT2D eigenvalue weighted by atomic mass is 35.5. The van der Waals surface area contributed by atoms with Crippen LogP contribution in [0.15, 0.2) is 30.3 Å². The third kappa shape index (κ3) is 3.63. The topological polar surface area (TPSA) is 55.8 Å². The second kappa shape index (κ2) is 6.61. The van der Waals surface area contributed by atoms with E-state index in [0.717, 1.165) is 22.8 Å². The van der Waals surface area contributed by atoms with Crippen LogP contribution in [0.25, 0.3) is 0 Å². The molecule has 0 radical (unpaired) electrons. The van der Waals surface area contributed by atoms with Crippen LogP contribution in [-0.4, -0.2) is 29.6 Å². The molecule has 1 aromatic rings. The van der Waals surface area contributed by atoms with Crippen LogP contribution in [0.2, 0.25) is 0 Å². The maximum Gasteiger partial charge on any atom is 0.425 e. The van der Waals surface area contributed by atoms with Crippen molar-refractivity contribution in [2.24, 2.45) is 5.92 Å². The Kier molecular flexibility index (Phi) is 4.84. The SMILES string of the molecule is COC(=O)C(C1CC1)N(Cl)C(=O)OCc1ccccc1. The van der Waals surface area contributed by atoms with Gasteiger partial charge in [0.2, 0.25) is 0 Å². The molecule has 0 aliphatic heterocycles. The molecule has 0 N–H and O–H groups in total. The predicted octanol–water partition coefficient (Wildman–Crippen LogP) is 2.73. The highest BCUT2D eigenvalue weighted by molar-refractivity contribution is 6.21. The summed E-state index contributed by atoms with van der Waals surface area (Å²) in [7, 11) is 1.28. The molecule has 1 aromatic carbocycles. The molecule has 5 nitrogen and oxygen atoms in total. The quantitative estimate of drug-likeness (QED) is 0.619. The Bertz CT molecular complexity index is 475. The van der Waals surface area contributed by atoms with Crippen LogP contribution in [0.3, 0.4) is 0 Å². The van der Waals surface area contributed by atoms with E-state index in [0.29, 0.717) is 0 Å². The molecule has 1 atom stereocenters. The fraction of sp³-hybridized carbons (Fsp3) is 0.429. The number of hydrogen-bond donors (Lipinski definition) is 0. The van der Waals surface area contributed by atoms with Crippen LogP contribution in [0.1, 0.15) is 18.4 Å². The van der Waals surface area contributed by atoms with Crippen molar-refractivity contribution in [2.75, 3.05) is 7.11 Å². The Labute approximate surface area is 122 Å². The van der Waals surface area contributed by atoms with Gasteiger partial charge in [0, 0.05) is 11.8 Å². The lowest BCUT2D eigenvalue weighted by Crippen LogP contribution is -2.41. The van der Waals surface area contributed by atoms with Gasteiger partial charge in [0.1, 0.15) is 6.61 Å². The zero-order valence-corrected chi connectivity index (χ0v) is 11.9. The molecule has 1 saturated carbocycles. The summed E-state index contributed by atoms with van der Waals surface area (Å²) in [6.45, 7) is 0.113. The standard InChI is InChI=1S/C14H16ClNO4/c1-19-13(17)12(11-7-8-11)16(15)14(18)20-9-10-5-3-2-4-6-10/h2-6,11-12H,7-9H2,1H3. The lowest BCUT2D eigenvalue weighted by atomic mass is 10.2. The molecule has 1 fully saturated rings. The molecule has 0 heterocycles. The summed E-state index contributed by atoms with van der Waals surface area (Å²) >= 11 is 5.93. The molecule has 1 amide bonds. The van der Waals surface area contributed by atoms with Crippen LogP contribution in [0.4, 0.5) is 4.79 Å². The molecule has 108 valence electrons. The normalized spacial score (nSPS) is 15.3. The summed E-state index contributed by atoms with van der Waals surface area (Å²) < 4.78 is 10.6. The van der Waals surface area contributed by atoms with Crippen LogP contribution in [-0.2, 0) is 20.9 Å². The number of benzene rings is 1. The first-order chi connectivity index (χ1) is 9.63. The number of nitrogens with zero attached hydrogens (tertiary/aromatic N) is 1. The van der Waals surface area contributed by atoms with Crippen molar-refractivity contribution < 1.29 is 19.1 Å². The Morgan fingerprint density at radius 3 is 2.55 bits per heavy atom. The Morgan fingerprint density at radius 1 is 1.35 bits per heavy atom. The summed E-state index contributed by atoms with van der Waals surface area (Å²) in [5, 5.41) is 0. The van der Waals surface area contributed by atoms with E-state index in [1.54, 1.807) is 0 Å². The molecule has 2 rings (SSSR count). The second-order valence-electron chi connectivity index (χ2n) is 4.66. The van der Waals surface area contributed by atoms with Crippen LogP contribution in [0, 0.1) is 5.92 Å². The molecular weight excluding hydrogens is 282 g/mol. The monoisotopic (exact) mass is 297 g/mol. The van der Waals surface area contributed by atoms with Crippen molar-refractivity contribution in [1.29, 1.82) is 0 Å². The molecule has 0 spiro atoms. The molecule has 0 aromatic heterocycles. The van der Waals surface area contributed by atoms with Crippen molar-refractivity contribution in [1.82, 2.24) is 4.42 Å². The summed E-state index contributed by atoms with van der Waals surface area (Å²) in [4.78, 5) is 23.5. The van der Waals surface area contributed by atoms with E-state index >= 15 is 0 Å². The van der Waals surface area contributed by atoms with E-state index in [1.807, 2.05) is 30.3 Å². The van der Waals surface area contributed by atoms with Gasteiger partial charge in [0.25, 0.3) is 0 Å². The first-order valence-electron chi connectivity index (χ1n) is 6.37. The predicted molar refractivity (Wildman–Crippen MR) is 72.8 cm³/mol. The van der Waals surface area contributed by atoms with E-state index in [-0.39, 0.29) is 12.5 Å². The molecule has 0 saturated heterocycles. The average Bonchev–Trinajstić information content (AvgIpc) is 3.30. The second-order valence-corrected chi connectivity index (χ2v) is 5.02. The molecule has 20 heavy (non-hydrogen) atoms. The zero-order chi connectivity index (χ0) is 14.5. The van der Waals surface area contributed by atoms with Gasteiger partial charge in [0.15, 0.2) is 6.04 Å². The van der Waals surface area contributed by atoms with E-state index < -0.39 is 18.1 Å². The highest BCUT2D eigenvalue weighted by Gasteiger charge is 2.43. The van der Waals surface area contributed by atoms with Gasteiger partial charge in [-0.15, -0.1) is 0 Å². The summed E-state index contributed by atoms with van der Waals surface area (Å²) in [5.74, 6) is -0.455. The van der Waals surface area contributed by atoms with Gasteiger partial charge in [-0.3, -0.25) is 0 Å². The maximum absolute atomic E-state index is 11.9. The number of carbonyl (C=O) groups excluding carboxylic acids is 2. The Hall–Kier alpha value is -1.75. The van der Waals surface area contributed by atoms with Gasteiger partial charge in [-0.1, -0.05) is 30.3 Å². The minimum Gasteiger partial charge on any atom is -0.467 e. The first-order valence-corrected chi connectivity index (χ1v) is 6.71. The van der Waals surface area contributed by atoms with Crippen molar-refractivity contribution in [3.05, 3.63) is 35.9 Å². The summed E-state index contributed by atoms with van der Waals surface area (Å²) in [6.07, 6.45) is 0.974. The minimum absolute atomic E-state index is 0.0595. The molecule has 1 aliphatic rings. The molecule has 1 unspecified atom stereocenters. The lowest BCUT2D eigenvalue weighted by molar-refractivity contribution is -0.145. The number of hydrogen-bond acceptors (Lipinski definition) is 4. The van der Waals surface area contributed by atoms with E-state index in [9.17, 15) is 9.59 Å². The smallest absolute Gasteiger partial charge is 0.425 e. The maximum atomic E-state index is 11.9. The molecular formula is C14H16ClNO4. The molecule has 6 heteroatoms.